The van der Waals surface area contributed by atoms with Gasteiger partial charge in [-0.05, 0) is 55.5 Å². The van der Waals surface area contributed by atoms with Crippen LogP contribution in [0, 0.1) is 12.8 Å². The first-order valence-electron chi connectivity index (χ1n) is 8.84. The lowest BCUT2D eigenvalue weighted by Crippen LogP contribution is -2.38. The number of piperidine rings is 1. The lowest BCUT2D eigenvalue weighted by atomic mass is 9.98. The van der Waals surface area contributed by atoms with Gasteiger partial charge in [0.25, 0.3) is 15.9 Å². The largest absolute Gasteiger partial charge is 0.339 e. The van der Waals surface area contributed by atoms with Gasteiger partial charge in [-0.1, -0.05) is 31.2 Å². The molecular formula is C20H24N2O3S. The molecule has 3 rings (SSSR count). The number of aryl methyl sites for hydroxylation is 1. The quantitative estimate of drug-likeness (QED) is 0.890. The highest BCUT2D eigenvalue weighted by molar-refractivity contribution is 7.92. The molecule has 0 spiro atoms. The topological polar surface area (TPSA) is 66.5 Å². The minimum absolute atomic E-state index is 0.104. The molecule has 1 heterocycles. The first-order chi connectivity index (χ1) is 12.4. The third-order valence-electron chi connectivity index (χ3n) is 4.82. The van der Waals surface area contributed by atoms with E-state index in [2.05, 4.69) is 11.6 Å². The summed E-state index contributed by atoms with van der Waals surface area (Å²) in [7, 11) is -3.76. The lowest BCUT2D eigenvalue weighted by Gasteiger charge is -2.30. The van der Waals surface area contributed by atoms with Crippen LogP contribution in [0.2, 0.25) is 0 Å². The SMILES string of the molecule is Cc1ccc(C(=O)N2CCC(C)CC2)cc1S(=O)(=O)Nc1ccccc1. The fraction of sp³-hybridized carbons (Fsp3) is 0.350. The number of sulfonamides is 1. The molecule has 1 saturated heterocycles. The number of nitrogens with one attached hydrogen (secondary N) is 1. The van der Waals surface area contributed by atoms with E-state index in [0.29, 0.717) is 22.7 Å². The maximum atomic E-state index is 12.8. The molecule has 26 heavy (non-hydrogen) atoms. The molecule has 0 bridgehead atoms. The van der Waals surface area contributed by atoms with Crippen molar-refractivity contribution in [1.82, 2.24) is 4.90 Å². The van der Waals surface area contributed by atoms with Crippen LogP contribution >= 0.6 is 0 Å². The molecule has 2 aromatic rings. The van der Waals surface area contributed by atoms with Gasteiger partial charge in [0.05, 0.1) is 4.90 Å². The zero-order valence-corrected chi connectivity index (χ0v) is 15.9. The molecule has 1 amide bonds. The summed E-state index contributed by atoms with van der Waals surface area (Å²) >= 11 is 0. The van der Waals surface area contributed by atoms with Crippen LogP contribution in [0.4, 0.5) is 5.69 Å². The number of carbonyl (C=O) groups is 1. The van der Waals surface area contributed by atoms with Crippen LogP contribution in [0.3, 0.4) is 0 Å². The van der Waals surface area contributed by atoms with Crippen LogP contribution in [-0.2, 0) is 10.0 Å². The highest BCUT2D eigenvalue weighted by atomic mass is 32.2. The van der Waals surface area contributed by atoms with Crippen LogP contribution in [0.1, 0.15) is 35.7 Å². The predicted octanol–water partition coefficient (Wildman–Crippen LogP) is 3.67. The van der Waals surface area contributed by atoms with E-state index in [4.69, 9.17) is 0 Å². The van der Waals surface area contributed by atoms with E-state index in [1.54, 1.807) is 43.3 Å². The zero-order chi connectivity index (χ0) is 18.7. The summed E-state index contributed by atoms with van der Waals surface area (Å²) < 4.78 is 28.1. The molecule has 1 N–H and O–H groups in total. The molecule has 0 aromatic heterocycles. The van der Waals surface area contributed by atoms with Gasteiger partial charge in [-0.2, -0.15) is 0 Å². The van der Waals surface area contributed by atoms with Crippen LogP contribution < -0.4 is 4.72 Å². The highest BCUT2D eigenvalue weighted by Gasteiger charge is 2.24. The van der Waals surface area contributed by atoms with E-state index < -0.39 is 10.0 Å². The van der Waals surface area contributed by atoms with Gasteiger partial charge in [0.15, 0.2) is 0 Å². The van der Waals surface area contributed by atoms with Crippen molar-refractivity contribution in [2.24, 2.45) is 5.92 Å². The number of hydrogen-bond acceptors (Lipinski definition) is 3. The molecule has 138 valence electrons. The van der Waals surface area contributed by atoms with Crippen molar-refractivity contribution in [3.05, 3.63) is 59.7 Å². The van der Waals surface area contributed by atoms with E-state index in [1.165, 1.54) is 6.07 Å². The Balaban J connectivity index is 1.86. The number of para-hydroxylation sites is 1. The van der Waals surface area contributed by atoms with Crippen molar-refractivity contribution >= 4 is 21.6 Å². The number of amides is 1. The van der Waals surface area contributed by atoms with Crippen LogP contribution in [0.5, 0.6) is 0 Å². The molecule has 1 aliphatic heterocycles. The molecule has 0 aliphatic carbocycles. The van der Waals surface area contributed by atoms with Crippen molar-refractivity contribution in [1.29, 1.82) is 0 Å². The number of nitrogens with zero attached hydrogens (tertiary/aromatic N) is 1. The van der Waals surface area contributed by atoms with Gasteiger partial charge in [0.2, 0.25) is 0 Å². The Morgan fingerprint density at radius 3 is 2.38 bits per heavy atom. The molecule has 0 radical (unpaired) electrons. The highest BCUT2D eigenvalue weighted by Crippen LogP contribution is 2.23. The van der Waals surface area contributed by atoms with Gasteiger partial charge in [-0.15, -0.1) is 0 Å². The summed E-state index contributed by atoms with van der Waals surface area (Å²) in [5.74, 6) is 0.524. The van der Waals surface area contributed by atoms with Gasteiger partial charge in [0, 0.05) is 24.3 Å². The number of carbonyl (C=O) groups excluding carboxylic acids is 1. The molecule has 5 nitrogen and oxygen atoms in total. The smallest absolute Gasteiger partial charge is 0.262 e. The van der Waals surface area contributed by atoms with Gasteiger partial charge < -0.3 is 4.90 Å². The van der Waals surface area contributed by atoms with Gasteiger partial charge in [-0.3, -0.25) is 9.52 Å². The van der Waals surface area contributed by atoms with E-state index in [1.807, 2.05) is 11.0 Å². The van der Waals surface area contributed by atoms with E-state index >= 15 is 0 Å². The molecular weight excluding hydrogens is 348 g/mol. The number of likely N-dealkylation sites (tertiary alicyclic amines) is 1. The summed E-state index contributed by atoms with van der Waals surface area (Å²) in [5.41, 5.74) is 1.52. The Bertz CT molecular complexity index is 887. The fourth-order valence-electron chi connectivity index (χ4n) is 3.13. The molecule has 0 unspecified atom stereocenters. The van der Waals surface area contributed by atoms with Crippen LogP contribution in [0.15, 0.2) is 53.4 Å². The Hall–Kier alpha value is -2.34. The molecule has 2 aromatic carbocycles. The molecule has 1 fully saturated rings. The van der Waals surface area contributed by atoms with Crippen molar-refractivity contribution in [3.8, 4) is 0 Å². The zero-order valence-electron chi connectivity index (χ0n) is 15.1. The minimum atomic E-state index is -3.76. The summed E-state index contributed by atoms with van der Waals surface area (Å²) in [5, 5.41) is 0. The third kappa shape index (κ3) is 4.07. The first kappa shape index (κ1) is 18.5. The second kappa shape index (κ2) is 7.50. The van der Waals surface area contributed by atoms with E-state index in [-0.39, 0.29) is 10.8 Å². The van der Waals surface area contributed by atoms with Gasteiger partial charge in [-0.25, -0.2) is 8.42 Å². The summed E-state index contributed by atoms with van der Waals surface area (Å²) in [6, 6.07) is 13.6. The Labute approximate surface area is 155 Å². The first-order valence-corrected chi connectivity index (χ1v) is 10.3. The normalized spacial score (nSPS) is 15.7. The van der Waals surface area contributed by atoms with Crippen molar-refractivity contribution in [3.63, 3.8) is 0 Å². The van der Waals surface area contributed by atoms with Gasteiger partial charge in [0.1, 0.15) is 0 Å². The second-order valence-corrected chi connectivity index (χ2v) is 8.58. The third-order valence-corrected chi connectivity index (χ3v) is 6.34. The Kier molecular flexibility index (Phi) is 5.32. The number of benzene rings is 2. The summed E-state index contributed by atoms with van der Waals surface area (Å²) in [4.78, 5) is 14.7. The number of anilines is 1. The molecule has 0 atom stereocenters. The average Bonchev–Trinajstić information content (AvgIpc) is 2.62. The average molecular weight is 372 g/mol. The standard InChI is InChI=1S/C20H24N2O3S/c1-15-10-12-22(13-11-15)20(23)17-9-8-16(2)19(14-17)26(24,25)21-18-6-4-3-5-7-18/h3-9,14-15,21H,10-13H2,1-2H3. The van der Waals surface area contributed by atoms with Gasteiger partial charge >= 0.3 is 0 Å². The van der Waals surface area contributed by atoms with Crippen molar-refractivity contribution in [2.45, 2.75) is 31.6 Å². The van der Waals surface area contributed by atoms with E-state index in [0.717, 1.165) is 25.9 Å². The lowest BCUT2D eigenvalue weighted by molar-refractivity contribution is 0.0697. The Morgan fingerprint density at radius 2 is 1.73 bits per heavy atom. The van der Waals surface area contributed by atoms with Crippen molar-refractivity contribution < 1.29 is 13.2 Å². The van der Waals surface area contributed by atoms with Crippen LogP contribution in [0.25, 0.3) is 0 Å². The minimum Gasteiger partial charge on any atom is -0.339 e. The molecule has 1 aliphatic rings. The van der Waals surface area contributed by atoms with E-state index in [9.17, 15) is 13.2 Å². The maximum Gasteiger partial charge on any atom is 0.262 e. The van der Waals surface area contributed by atoms with Crippen LogP contribution in [-0.4, -0.2) is 32.3 Å². The summed E-state index contributed by atoms with van der Waals surface area (Å²) in [6.07, 6.45) is 1.97. The summed E-state index contributed by atoms with van der Waals surface area (Å²) in [6.45, 7) is 5.36. The monoisotopic (exact) mass is 372 g/mol. The number of hydrogen-bond donors (Lipinski definition) is 1. The maximum absolute atomic E-state index is 12.8. The number of rotatable bonds is 4. The molecule has 0 saturated carbocycles. The predicted molar refractivity (Wildman–Crippen MR) is 103 cm³/mol. The molecule has 6 heteroatoms. The Morgan fingerprint density at radius 1 is 1.08 bits per heavy atom. The van der Waals surface area contributed by atoms with Crippen molar-refractivity contribution in [2.75, 3.05) is 17.8 Å². The fourth-order valence-corrected chi connectivity index (χ4v) is 4.46. The second-order valence-electron chi connectivity index (χ2n) is 6.93.